The number of piperazine rings is 1. The Kier molecular flexibility index (Phi) is 8.26. The number of carbonyl (C=O) groups excluding carboxylic acids is 2. The monoisotopic (exact) mass is 596 g/mol. The Morgan fingerprint density at radius 2 is 1.84 bits per heavy atom. The lowest BCUT2D eigenvalue weighted by molar-refractivity contribution is -0.129. The molecule has 2 saturated heterocycles. The zero-order chi connectivity index (χ0) is 30.6. The van der Waals surface area contributed by atoms with E-state index in [-0.39, 0.29) is 17.9 Å². The summed E-state index contributed by atoms with van der Waals surface area (Å²) in [5, 5.41) is 7.03. The number of nitrogens with one attached hydrogen (secondary N) is 3. The van der Waals surface area contributed by atoms with E-state index >= 15 is 0 Å². The molecular formula is C31H36N10O3. The molecule has 0 saturated carbocycles. The number of H-pyrrole nitrogens is 1. The normalized spacial score (nSPS) is 17.0. The fraction of sp³-hybridized carbons (Fsp3) is 0.355. The average Bonchev–Trinajstić information content (AvgIpc) is 3.49. The molecule has 3 aromatic heterocycles. The van der Waals surface area contributed by atoms with Crippen molar-refractivity contribution in [2.45, 2.75) is 25.9 Å². The largest absolute Gasteiger partial charge is 0.472 e. The summed E-state index contributed by atoms with van der Waals surface area (Å²) in [7, 11) is 1.79. The van der Waals surface area contributed by atoms with Crippen LogP contribution in [0.5, 0.6) is 5.88 Å². The van der Waals surface area contributed by atoms with Crippen molar-refractivity contribution < 1.29 is 14.3 Å². The van der Waals surface area contributed by atoms with Crippen molar-refractivity contribution >= 4 is 46.0 Å². The molecule has 13 heteroatoms. The molecule has 2 aliphatic heterocycles. The Balaban J connectivity index is 1.28. The van der Waals surface area contributed by atoms with Crippen molar-refractivity contribution in [3.8, 4) is 17.1 Å². The van der Waals surface area contributed by atoms with Gasteiger partial charge in [-0.3, -0.25) is 14.6 Å². The highest BCUT2D eigenvalue weighted by Gasteiger charge is 2.27. The van der Waals surface area contributed by atoms with Crippen LogP contribution >= 0.6 is 0 Å². The minimum Gasteiger partial charge on any atom is -0.472 e. The van der Waals surface area contributed by atoms with Gasteiger partial charge in [0, 0.05) is 69.8 Å². The lowest BCUT2D eigenvalue weighted by Gasteiger charge is -2.35. The fourth-order valence-electron chi connectivity index (χ4n) is 5.65. The number of benzene rings is 1. The van der Waals surface area contributed by atoms with Crippen molar-refractivity contribution in [2.75, 3.05) is 61.8 Å². The van der Waals surface area contributed by atoms with Gasteiger partial charge in [-0.05, 0) is 43.2 Å². The summed E-state index contributed by atoms with van der Waals surface area (Å²) in [5.74, 6) is 1.40. The SMILES string of the molecule is C=CC(=O)N1CCC[C@@H](Oc2nc(Nc3ccc(N4CCN(C(C)=O)CC4)cc3)nc3[nH]cc(-c4cncc(NC)n4)c23)C1. The molecule has 0 aliphatic carbocycles. The minimum atomic E-state index is -0.251. The third kappa shape index (κ3) is 6.12. The molecule has 2 fully saturated rings. The van der Waals surface area contributed by atoms with Crippen LogP contribution in [0.15, 0.2) is 55.5 Å². The maximum atomic E-state index is 12.3. The molecule has 13 nitrogen and oxygen atoms in total. The first-order valence-electron chi connectivity index (χ1n) is 14.8. The first kappa shape index (κ1) is 28.9. The summed E-state index contributed by atoms with van der Waals surface area (Å²) in [5.41, 5.74) is 3.90. The van der Waals surface area contributed by atoms with Crippen LogP contribution in [0.25, 0.3) is 22.3 Å². The van der Waals surface area contributed by atoms with Gasteiger partial charge in [0.15, 0.2) is 0 Å². The van der Waals surface area contributed by atoms with E-state index in [0.29, 0.717) is 47.5 Å². The Morgan fingerprint density at radius 1 is 1.05 bits per heavy atom. The molecule has 0 unspecified atom stereocenters. The number of amides is 2. The van der Waals surface area contributed by atoms with Gasteiger partial charge in [0.05, 0.1) is 30.0 Å². The topological polar surface area (TPSA) is 144 Å². The maximum Gasteiger partial charge on any atom is 0.246 e. The number of carbonyl (C=O) groups is 2. The lowest BCUT2D eigenvalue weighted by Crippen LogP contribution is -2.48. The average molecular weight is 597 g/mol. The summed E-state index contributed by atoms with van der Waals surface area (Å²) in [6, 6.07) is 8.07. The Morgan fingerprint density at radius 3 is 2.57 bits per heavy atom. The standard InChI is InChI=1S/C31H36N10O3/c1-4-27(43)41-11-5-6-23(19-41)44-30-28-24(25-17-33-18-26(32-3)36-25)16-34-29(28)37-31(38-30)35-21-7-9-22(10-8-21)40-14-12-39(13-15-40)20(2)42/h4,7-10,16-18,23H,1,5-6,11-15,19H2,2-3H3,(H,32,36)(H2,34,35,37,38)/t23-/m1/s1. The fourth-order valence-corrected chi connectivity index (χ4v) is 5.65. The van der Waals surface area contributed by atoms with Gasteiger partial charge < -0.3 is 35.1 Å². The molecule has 44 heavy (non-hydrogen) atoms. The van der Waals surface area contributed by atoms with Crippen LogP contribution in [-0.2, 0) is 9.59 Å². The van der Waals surface area contributed by atoms with Crippen molar-refractivity contribution in [3.63, 3.8) is 0 Å². The second-order valence-electron chi connectivity index (χ2n) is 10.9. The third-order valence-electron chi connectivity index (χ3n) is 8.02. The first-order valence-corrected chi connectivity index (χ1v) is 14.8. The number of nitrogens with zero attached hydrogens (tertiary/aromatic N) is 7. The molecule has 1 aromatic carbocycles. The van der Waals surface area contributed by atoms with Gasteiger partial charge in [0.2, 0.25) is 23.6 Å². The van der Waals surface area contributed by atoms with E-state index in [9.17, 15) is 9.59 Å². The maximum absolute atomic E-state index is 12.3. The number of piperidine rings is 1. The van der Waals surface area contributed by atoms with Crippen LogP contribution in [0.2, 0.25) is 0 Å². The van der Waals surface area contributed by atoms with Crippen LogP contribution in [0.4, 0.5) is 23.1 Å². The van der Waals surface area contributed by atoms with Crippen LogP contribution in [0.3, 0.4) is 0 Å². The lowest BCUT2D eigenvalue weighted by atomic mass is 10.1. The molecule has 5 heterocycles. The predicted molar refractivity (Wildman–Crippen MR) is 169 cm³/mol. The zero-order valence-corrected chi connectivity index (χ0v) is 24.9. The molecule has 4 aromatic rings. The van der Waals surface area contributed by atoms with E-state index in [1.54, 1.807) is 31.3 Å². The van der Waals surface area contributed by atoms with Gasteiger partial charge in [0.1, 0.15) is 17.6 Å². The number of ether oxygens (including phenoxy) is 1. The Hall–Kier alpha value is -5.20. The second-order valence-corrected chi connectivity index (χ2v) is 10.9. The summed E-state index contributed by atoms with van der Waals surface area (Å²) in [4.78, 5) is 51.7. The molecule has 0 bridgehead atoms. The van der Waals surface area contributed by atoms with Crippen LogP contribution in [-0.4, -0.2) is 99.0 Å². The molecule has 1 atom stereocenters. The van der Waals surface area contributed by atoms with Crippen molar-refractivity contribution in [1.82, 2.24) is 34.7 Å². The van der Waals surface area contributed by atoms with Gasteiger partial charge in [-0.1, -0.05) is 6.58 Å². The summed E-state index contributed by atoms with van der Waals surface area (Å²) < 4.78 is 6.54. The number of rotatable bonds is 8. The van der Waals surface area contributed by atoms with Crippen molar-refractivity contribution in [2.24, 2.45) is 0 Å². The van der Waals surface area contributed by atoms with E-state index in [4.69, 9.17) is 14.7 Å². The molecular weight excluding hydrogens is 560 g/mol. The van der Waals surface area contributed by atoms with Gasteiger partial charge in [0.25, 0.3) is 0 Å². The number of anilines is 4. The molecule has 6 rings (SSSR count). The number of likely N-dealkylation sites (tertiary alicyclic amines) is 1. The van der Waals surface area contributed by atoms with E-state index in [1.807, 2.05) is 23.2 Å². The molecule has 3 N–H and O–H groups in total. The summed E-state index contributed by atoms with van der Waals surface area (Å²) in [6.07, 6.45) is 7.85. The molecule has 0 spiro atoms. The van der Waals surface area contributed by atoms with E-state index in [1.165, 1.54) is 6.08 Å². The highest BCUT2D eigenvalue weighted by Crippen LogP contribution is 2.35. The molecule has 0 radical (unpaired) electrons. The van der Waals surface area contributed by atoms with E-state index in [2.05, 4.69) is 49.2 Å². The smallest absolute Gasteiger partial charge is 0.246 e. The summed E-state index contributed by atoms with van der Waals surface area (Å²) >= 11 is 0. The van der Waals surface area contributed by atoms with Gasteiger partial charge in [-0.2, -0.15) is 9.97 Å². The Labute approximate surface area is 255 Å². The summed E-state index contributed by atoms with van der Waals surface area (Å²) in [6.45, 7) is 9.37. The van der Waals surface area contributed by atoms with E-state index in [0.717, 1.165) is 56.0 Å². The van der Waals surface area contributed by atoms with Crippen molar-refractivity contribution in [1.29, 1.82) is 0 Å². The van der Waals surface area contributed by atoms with E-state index < -0.39 is 0 Å². The first-order chi connectivity index (χ1) is 21.4. The van der Waals surface area contributed by atoms with Crippen LogP contribution in [0.1, 0.15) is 19.8 Å². The third-order valence-corrected chi connectivity index (χ3v) is 8.02. The molecule has 2 amide bonds. The van der Waals surface area contributed by atoms with Crippen LogP contribution < -0.4 is 20.3 Å². The second kappa shape index (κ2) is 12.6. The predicted octanol–water partition coefficient (Wildman–Crippen LogP) is 3.42. The van der Waals surface area contributed by atoms with Crippen LogP contribution in [0, 0.1) is 0 Å². The van der Waals surface area contributed by atoms with Gasteiger partial charge in [-0.15, -0.1) is 0 Å². The molecule has 2 aliphatic rings. The van der Waals surface area contributed by atoms with Gasteiger partial charge in [-0.25, -0.2) is 4.98 Å². The number of fused-ring (bicyclic) bond motifs is 1. The minimum absolute atomic E-state index is 0.112. The number of hydrogen-bond donors (Lipinski definition) is 3. The molecule has 228 valence electrons. The quantitative estimate of drug-likeness (QED) is 0.259. The Bertz CT molecular complexity index is 1660. The highest BCUT2D eigenvalue weighted by molar-refractivity contribution is 5.97. The number of aromatic amines is 1. The van der Waals surface area contributed by atoms with Crippen molar-refractivity contribution in [3.05, 3.63) is 55.5 Å². The zero-order valence-electron chi connectivity index (χ0n) is 24.9. The van der Waals surface area contributed by atoms with Gasteiger partial charge >= 0.3 is 0 Å². The highest BCUT2D eigenvalue weighted by atomic mass is 16.5. The number of aromatic nitrogens is 5. The number of hydrogen-bond acceptors (Lipinski definition) is 10.